The average molecular weight is 869 g/mol. The number of benzene rings is 5. The summed E-state index contributed by atoms with van der Waals surface area (Å²) in [6.45, 7) is 8.40. The van der Waals surface area contributed by atoms with Gasteiger partial charge in [-0.1, -0.05) is 85.5 Å². The molecular weight excluding hydrogens is 832 g/mol. The third-order valence-corrected chi connectivity index (χ3v) is 7.38. The van der Waals surface area contributed by atoms with Crippen LogP contribution in [0, 0.1) is 27.7 Å². The standard InChI is InChI=1S/C8H5BrO4.C8H9Br.2C8H6O4.C8H10/c9-6-2-4(7(10)11)1-5(3-6)8(12)13;1-6-3-7(2)5-8(9)4-6;2*9-7(10)5-2-1-3-6(4-5)8(11)12;1-7-4-3-5-8(2)6-7/h1-3H,(H,10,11)(H,12,13);3-5H,1-2H3;2*1-4H,(H,9,10)(H,11,12);3-6H,1-2H3. The van der Waals surface area contributed by atoms with Crippen molar-refractivity contribution in [2.75, 3.05) is 0 Å². The van der Waals surface area contributed by atoms with Crippen LogP contribution in [0.1, 0.15) is 84.4 Å². The second-order valence-electron chi connectivity index (χ2n) is 11.2. The van der Waals surface area contributed by atoms with Crippen molar-refractivity contribution in [3.8, 4) is 0 Å². The first-order valence-corrected chi connectivity index (χ1v) is 17.0. The Morgan fingerprint density at radius 1 is 0.333 bits per heavy atom. The molecule has 0 amide bonds. The van der Waals surface area contributed by atoms with Gasteiger partial charge >= 0.3 is 35.8 Å². The van der Waals surface area contributed by atoms with Crippen molar-refractivity contribution in [1.29, 1.82) is 0 Å². The summed E-state index contributed by atoms with van der Waals surface area (Å²) in [6, 6.07) is 29.0. The van der Waals surface area contributed by atoms with Crippen LogP contribution in [-0.4, -0.2) is 66.5 Å². The first kappa shape index (κ1) is 45.9. The fourth-order valence-electron chi connectivity index (χ4n) is 4.13. The van der Waals surface area contributed by atoms with Crippen LogP contribution in [0.5, 0.6) is 0 Å². The summed E-state index contributed by atoms with van der Waals surface area (Å²) in [5, 5.41) is 51.2. The van der Waals surface area contributed by atoms with Crippen molar-refractivity contribution in [1.82, 2.24) is 0 Å². The highest BCUT2D eigenvalue weighted by atomic mass is 79.9. The van der Waals surface area contributed by atoms with Crippen molar-refractivity contribution < 1.29 is 59.4 Å². The molecule has 0 aromatic heterocycles. The largest absolute Gasteiger partial charge is 0.478 e. The van der Waals surface area contributed by atoms with E-state index in [4.69, 9.17) is 30.6 Å². The molecule has 0 aliphatic heterocycles. The van der Waals surface area contributed by atoms with Crippen LogP contribution in [0.25, 0.3) is 0 Å². The Balaban J connectivity index is 0.000000341. The van der Waals surface area contributed by atoms with Crippen molar-refractivity contribution in [3.63, 3.8) is 0 Å². The third kappa shape index (κ3) is 17.9. The van der Waals surface area contributed by atoms with E-state index in [2.05, 4.69) is 102 Å². The molecule has 0 saturated heterocycles. The topological polar surface area (TPSA) is 224 Å². The molecule has 0 heterocycles. The molecule has 0 atom stereocenters. The zero-order valence-electron chi connectivity index (χ0n) is 29.3. The minimum atomic E-state index is -1.15. The van der Waals surface area contributed by atoms with Crippen molar-refractivity contribution in [3.05, 3.63) is 174 Å². The fourth-order valence-corrected chi connectivity index (χ4v) is 5.35. The van der Waals surface area contributed by atoms with E-state index >= 15 is 0 Å². The maximum Gasteiger partial charge on any atom is 0.335 e. The normalized spacial score (nSPS) is 9.44. The molecular formula is C40H36Br2O12. The Bertz CT molecular complexity index is 1900. The molecule has 0 aliphatic rings. The van der Waals surface area contributed by atoms with Crippen LogP contribution >= 0.6 is 31.9 Å². The Hall–Kier alpha value is -6.12. The van der Waals surface area contributed by atoms with Gasteiger partial charge in [0, 0.05) is 8.95 Å². The SMILES string of the molecule is Cc1cc(C)cc(Br)c1.Cc1cccc(C)c1.O=C(O)c1cc(Br)cc(C(=O)O)c1.O=C(O)c1cccc(C(=O)O)c1.O=C(O)c1cccc(C(=O)O)c1. The van der Waals surface area contributed by atoms with Crippen LogP contribution in [0.15, 0.2) is 118 Å². The molecule has 12 nitrogen and oxygen atoms in total. The second kappa shape index (κ2) is 22.7. The maximum absolute atomic E-state index is 10.5. The number of carboxylic acids is 6. The number of hydrogen-bond acceptors (Lipinski definition) is 6. The minimum absolute atomic E-state index is 0.0186. The number of carboxylic acid groups (broad SMARTS) is 6. The van der Waals surface area contributed by atoms with Gasteiger partial charge in [0.15, 0.2) is 0 Å². The molecule has 0 spiro atoms. The van der Waals surface area contributed by atoms with Crippen LogP contribution < -0.4 is 0 Å². The van der Waals surface area contributed by atoms with E-state index < -0.39 is 35.8 Å². The summed E-state index contributed by atoms with van der Waals surface area (Å²) in [5.41, 5.74) is 5.12. The Kier molecular flexibility index (Phi) is 19.3. The lowest BCUT2D eigenvalue weighted by molar-refractivity contribution is 0.0676. The molecule has 282 valence electrons. The molecule has 5 rings (SSSR count). The predicted octanol–water partition coefficient (Wildman–Crippen LogP) is 9.38. The minimum Gasteiger partial charge on any atom is -0.478 e. The monoisotopic (exact) mass is 866 g/mol. The lowest BCUT2D eigenvalue weighted by atomic mass is 10.1. The van der Waals surface area contributed by atoms with E-state index in [1.54, 1.807) is 0 Å². The smallest absolute Gasteiger partial charge is 0.335 e. The molecule has 5 aromatic rings. The molecule has 0 saturated carbocycles. The van der Waals surface area contributed by atoms with Gasteiger partial charge < -0.3 is 30.6 Å². The van der Waals surface area contributed by atoms with E-state index in [1.807, 2.05) is 0 Å². The highest BCUT2D eigenvalue weighted by molar-refractivity contribution is 9.10. The molecule has 54 heavy (non-hydrogen) atoms. The van der Waals surface area contributed by atoms with E-state index in [0.29, 0.717) is 4.47 Å². The summed E-state index contributed by atoms with van der Waals surface area (Å²) in [5.74, 6) is -6.81. The molecule has 0 fully saturated rings. The van der Waals surface area contributed by atoms with Crippen molar-refractivity contribution in [2.24, 2.45) is 0 Å². The number of carbonyl (C=O) groups is 6. The van der Waals surface area contributed by atoms with Crippen LogP contribution in [0.4, 0.5) is 0 Å². The molecule has 0 unspecified atom stereocenters. The molecule has 0 aliphatic carbocycles. The van der Waals surface area contributed by atoms with Gasteiger partial charge in [-0.05, 0) is 106 Å². The fraction of sp³-hybridized carbons (Fsp3) is 0.100. The zero-order chi connectivity index (χ0) is 41.1. The van der Waals surface area contributed by atoms with Crippen molar-refractivity contribution >= 4 is 67.7 Å². The van der Waals surface area contributed by atoms with Gasteiger partial charge in [0.05, 0.1) is 33.4 Å². The Morgan fingerprint density at radius 3 is 0.815 bits per heavy atom. The summed E-state index contributed by atoms with van der Waals surface area (Å²) in [6.07, 6.45) is 0. The molecule has 0 bridgehead atoms. The third-order valence-electron chi connectivity index (χ3n) is 6.46. The van der Waals surface area contributed by atoms with Gasteiger partial charge in [0.2, 0.25) is 0 Å². The molecule has 14 heteroatoms. The van der Waals surface area contributed by atoms with Gasteiger partial charge in [0.25, 0.3) is 0 Å². The Morgan fingerprint density at radius 2 is 0.574 bits per heavy atom. The maximum atomic E-state index is 10.5. The van der Waals surface area contributed by atoms with E-state index in [9.17, 15) is 28.8 Å². The van der Waals surface area contributed by atoms with E-state index in [-0.39, 0.29) is 33.4 Å². The quantitative estimate of drug-likeness (QED) is 0.0939. The highest BCUT2D eigenvalue weighted by Crippen LogP contribution is 2.16. The lowest BCUT2D eigenvalue weighted by Gasteiger charge is -1.98. The van der Waals surface area contributed by atoms with Crippen molar-refractivity contribution in [2.45, 2.75) is 27.7 Å². The number of hydrogen-bond donors (Lipinski definition) is 6. The van der Waals surface area contributed by atoms with Gasteiger partial charge in [-0.25, -0.2) is 28.8 Å². The van der Waals surface area contributed by atoms with E-state index in [0.717, 1.165) is 18.2 Å². The number of rotatable bonds is 6. The number of halogens is 2. The Labute approximate surface area is 327 Å². The number of aromatic carboxylic acids is 6. The second-order valence-corrected chi connectivity index (χ2v) is 13.0. The summed E-state index contributed by atoms with van der Waals surface area (Å²) in [4.78, 5) is 62.6. The van der Waals surface area contributed by atoms with Crippen LogP contribution in [-0.2, 0) is 0 Å². The average Bonchev–Trinajstić information content (AvgIpc) is 3.08. The van der Waals surface area contributed by atoms with Gasteiger partial charge in [0.1, 0.15) is 0 Å². The predicted molar refractivity (Wildman–Crippen MR) is 208 cm³/mol. The van der Waals surface area contributed by atoms with Gasteiger partial charge in [-0.3, -0.25) is 0 Å². The van der Waals surface area contributed by atoms with Gasteiger partial charge in [-0.2, -0.15) is 0 Å². The van der Waals surface area contributed by atoms with Crippen LogP contribution in [0.2, 0.25) is 0 Å². The highest BCUT2D eigenvalue weighted by Gasteiger charge is 2.10. The molecule has 5 aromatic carbocycles. The summed E-state index contributed by atoms with van der Waals surface area (Å²) in [7, 11) is 0. The number of aryl methyl sites for hydroxylation is 4. The summed E-state index contributed by atoms with van der Waals surface area (Å²) < 4.78 is 1.60. The van der Waals surface area contributed by atoms with E-state index in [1.165, 1.54) is 75.3 Å². The zero-order valence-corrected chi connectivity index (χ0v) is 32.5. The first-order valence-electron chi connectivity index (χ1n) is 15.4. The lowest BCUT2D eigenvalue weighted by Crippen LogP contribution is -2.02. The van der Waals surface area contributed by atoms with Crippen LogP contribution in [0.3, 0.4) is 0 Å². The summed E-state index contributed by atoms with van der Waals surface area (Å²) >= 11 is 6.44. The van der Waals surface area contributed by atoms with Gasteiger partial charge in [-0.15, -0.1) is 0 Å². The first-order chi connectivity index (χ1) is 25.2. The molecule has 6 N–H and O–H groups in total. The molecule has 0 radical (unpaired) electrons.